The summed E-state index contributed by atoms with van der Waals surface area (Å²) in [5.74, 6) is 2.06. The Morgan fingerprint density at radius 3 is 2.74 bits per heavy atom. The number of rotatable bonds is 9. The first-order valence-corrected chi connectivity index (χ1v) is 10.7. The molecule has 3 heterocycles. The van der Waals surface area contributed by atoms with E-state index in [1.807, 2.05) is 23.5 Å². The van der Waals surface area contributed by atoms with Gasteiger partial charge < -0.3 is 25.7 Å². The van der Waals surface area contributed by atoms with E-state index in [-0.39, 0.29) is 6.04 Å². The van der Waals surface area contributed by atoms with Gasteiger partial charge in [-0.1, -0.05) is 0 Å². The molecule has 0 saturated carbocycles. The summed E-state index contributed by atoms with van der Waals surface area (Å²) in [4.78, 5) is 7.18. The minimum absolute atomic E-state index is 0.271. The second kappa shape index (κ2) is 9.73. The molecule has 3 aromatic rings. The van der Waals surface area contributed by atoms with Crippen LogP contribution in [-0.4, -0.2) is 77.6 Å². The molecule has 0 amide bonds. The van der Waals surface area contributed by atoms with E-state index in [1.165, 1.54) is 0 Å². The molecule has 1 aliphatic heterocycles. The lowest BCUT2D eigenvalue weighted by molar-refractivity contribution is 0.0321. The van der Waals surface area contributed by atoms with Crippen molar-refractivity contribution in [3.63, 3.8) is 0 Å². The predicted octanol–water partition coefficient (Wildman–Crippen LogP) is 1.04. The summed E-state index contributed by atoms with van der Waals surface area (Å²) in [5.41, 5.74) is 15.1. The number of aromatic nitrogens is 4. The van der Waals surface area contributed by atoms with E-state index >= 15 is 0 Å². The van der Waals surface area contributed by atoms with Crippen LogP contribution in [-0.2, 0) is 4.74 Å². The maximum absolute atomic E-state index is 6.43. The summed E-state index contributed by atoms with van der Waals surface area (Å²) in [6, 6.07) is 3.56. The fourth-order valence-electron chi connectivity index (χ4n) is 3.91. The lowest BCUT2D eigenvalue weighted by Gasteiger charge is -2.26. The van der Waals surface area contributed by atoms with E-state index in [0.717, 1.165) is 62.5 Å². The monoisotopic (exact) mass is 429 g/mol. The fourth-order valence-corrected chi connectivity index (χ4v) is 3.91. The van der Waals surface area contributed by atoms with Crippen LogP contribution in [0.2, 0.25) is 0 Å². The number of benzene rings is 1. The van der Waals surface area contributed by atoms with E-state index in [9.17, 15) is 0 Å². The van der Waals surface area contributed by atoms with Gasteiger partial charge in [-0.3, -0.25) is 9.30 Å². The molecule has 1 aliphatic rings. The Bertz CT molecular complexity index is 1030. The number of methoxy groups -OCH3 is 1. The average molecular weight is 430 g/mol. The van der Waals surface area contributed by atoms with Gasteiger partial charge in [0.05, 0.1) is 37.4 Å². The number of ether oxygens (including phenoxy) is 3. The van der Waals surface area contributed by atoms with E-state index in [0.29, 0.717) is 36.0 Å². The molecular formula is C21H31N7O3. The molecule has 0 aliphatic carbocycles. The largest absolute Gasteiger partial charge is 0.493 e. The van der Waals surface area contributed by atoms with Crippen molar-refractivity contribution in [3.8, 4) is 11.5 Å². The molecule has 1 unspecified atom stereocenters. The van der Waals surface area contributed by atoms with Crippen LogP contribution < -0.4 is 20.9 Å². The molecule has 1 saturated heterocycles. The Kier molecular flexibility index (Phi) is 6.81. The van der Waals surface area contributed by atoms with Crippen LogP contribution in [0.5, 0.6) is 11.5 Å². The highest BCUT2D eigenvalue weighted by molar-refractivity contribution is 5.82. The molecular weight excluding hydrogens is 398 g/mol. The second-order valence-electron chi connectivity index (χ2n) is 7.73. The summed E-state index contributed by atoms with van der Waals surface area (Å²) in [6.07, 6.45) is 1.55. The van der Waals surface area contributed by atoms with Crippen LogP contribution in [0.4, 0.5) is 0 Å². The maximum atomic E-state index is 6.43. The Morgan fingerprint density at radius 1 is 1.19 bits per heavy atom. The molecule has 10 heteroatoms. The summed E-state index contributed by atoms with van der Waals surface area (Å²) in [6.45, 7) is 7.27. The van der Waals surface area contributed by atoms with Gasteiger partial charge in [0.2, 0.25) is 0 Å². The van der Waals surface area contributed by atoms with Crippen LogP contribution in [0.1, 0.15) is 30.4 Å². The van der Waals surface area contributed by atoms with Gasteiger partial charge in [0, 0.05) is 31.8 Å². The lowest BCUT2D eigenvalue weighted by atomic mass is 10.1. The minimum atomic E-state index is -0.271. The number of fused-ring (bicyclic) bond motifs is 3. The van der Waals surface area contributed by atoms with Crippen LogP contribution in [0, 0.1) is 6.92 Å². The molecule has 31 heavy (non-hydrogen) atoms. The van der Waals surface area contributed by atoms with Crippen molar-refractivity contribution in [3.05, 3.63) is 23.7 Å². The predicted molar refractivity (Wildman–Crippen MR) is 118 cm³/mol. The molecule has 0 bridgehead atoms. The maximum Gasteiger partial charge on any atom is 0.184 e. The quantitative estimate of drug-likeness (QED) is 0.513. The first kappa shape index (κ1) is 21.7. The van der Waals surface area contributed by atoms with Crippen molar-refractivity contribution in [2.75, 3.05) is 53.1 Å². The van der Waals surface area contributed by atoms with Crippen LogP contribution in [0.15, 0.2) is 12.1 Å². The van der Waals surface area contributed by atoms with Gasteiger partial charge in [-0.2, -0.15) is 0 Å². The van der Waals surface area contributed by atoms with Crippen molar-refractivity contribution in [1.29, 1.82) is 0 Å². The van der Waals surface area contributed by atoms with Crippen molar-refractivity contribution >= 4 is 16.7 Å². The third-order valence-corrected chi connectivity index (χ3v) is 5.64. The third-order valence-electron chi connectivity index (χ3n) is 5.64. The molecule has 1 aromatic carbocycles. The van der Waals surface area contributed by atoms with Crippen LogP contribution in [0.3, 0.4) is 0 Å². The summed E-state index contributed by atoms with van der Waals surface area (Å²) >= 11 is 0. The number of nitrogens with two attached hydrogens (primary N) is 2. The minimum Gasteiger partial charge on any atom is -0.493 e. The molecule has 4 rings (SSSR count). The molecule has 0 spiro atoms. The van der Waals surface area contributed by atoms with Gasteiger partial charge in [-0.25, -0.2) is 4.98 Å². The Balaban J connectivity index is 1.67. The Morgan fingerprint density at radius 2 is 2.00 bits per heavy atom. The smallest absolute Gasteiger partial charge is 0.184 e. The molecule has 1 atom stereocenters. The fraction of sp³-hybridized carbons (Fsp3) is 0.571. The van der Waals surface area contributed by atoms with Crippen molar-refractivity contribution in [1.82, 2.24) is 24.5 Å². The number of hydrogen-bond donors (Lipinski definition) is 2. The highest BCUT2D eigenvalue weighted by Crippen LogP contribution is 2.34. The van der Waals surface area contributed by atoms with E-state index < -0.39 is 0 Å². The van der Waals surface area contributed by atoms with Gasteiger partial charge in [0.1, 0.15) is 18.1 Å². The highest BCUT2D eigenvalue weighted by Gasteiger charge is 2.20. The molecule has 168 valence electrons. The van der Waals surface area contributed by atoms with Crippen molar-refractivity contribution in [2.45, 2.75) is 25.8 Å². The third kappa shape index (κ3) is 4.57. The Hall–Kier alpha value is -2.53. The number of hydrogen-bond acceptors (Lipinski definition) is 9. The first-order valence-electron chi connectivity index (χ1n) is 10.7. The van der Waals surface area contributed by atoms with E-state index in [2.05, 4.69) is 15.1 Å². The zero-order valence-corrected chi connectivity index (χ0v) is 18.2. The first-order chi connectivity index (χ1) is 15.1. The summed E-state index contributed by atoms with van der Waals surface area (Å²) in [7, 11) is 1.64. The van der Waals surface area contributed by atoms with Crippen LogP contribution in [0.25, 0.3) is 16.7 Å². The molecule has 4 N–H and O–H groups in total. The molecule has 2 aromatic heterocycles. The molecule has 10 nitrogen and oxygen atoms in total. The lowest BCUT2D eigenvalue weighted by Crippen LogP contribution is -2.38. The van der Waals surface area contributed by atoms with Crippen molar-refractivity contribution < 1.29 is 14.2 Å². The summed E-state index contributed by atoms with van der Waals surface area (Å²) < 4.78 is 19.1. The zero-order chi connectivity index (χ0) is 21.8. The topological polar surface area (TPSA) is 126 Å². The van der Waals surface area contributed by atoms with Gasteiger partial charge in [-0.05, 0) is 26.3 Å². The van der Waals surface area contributed by atoms with E-state index in [1.54, 1.807) is 7.11 Å². The molecule has 1 fully saturated rings. The normalized spacial score (nSPS) is 16.1. The van der Waals surface area contributed by atoms with Gasteiger partial charge in [-0.15, -0.1) is 10.2 Å². The highest BCUT2D eigenvalue weighted by atomic mass is 16.5. The molecule has 0 radical (unpaired) electrons. The second-order valence-corrected chi connectivity index (χ2v) is 7.73. The van der Waals surface area contributed by atoms with Crippen molar-refractivity contribution in [2.24, 2.45) is 11.5 Å². The van der Waals surface area contributed by atoms with Crippen LogP contribution >= 0.6 is 0 Å². The standard InChI is InChI=1S/C21H31N7O3/c1-14-25-26-21-20(15(23)4-3-5-22)24-16-12-19(18(29-2)13-17(16)28(14)21)31-11-8-27-6-9-30-10-7-27/h12-13,15H,3-11,22-23H2,1-2H3. The van der Waals surface area contributed by atoms with Gasteiger partial charge in [0.15, 0.2) is 17.1 Å². The summed E-state index contributed by atoms with van der Waals surface area (Å²) in [5, 5.41) is 8.58. The number of nitrogens with zero attached hydrogens (tertiary/aromatic N) is 5. The van der Waals surface area contributed by atoms with E-state index in [4.69, 9.17) is 30.7 Å². The average Bonchev–Trinajstić information content (AvgIpc) is 3.19. The number of morpholine rings is 1. The Labute approximate surface area is 181 Å². The number of aryl methyl sites for hydroxylation is 1. The van der Waals surface area contributed by atoms with Gasteiger partial charge in [0.25, 0.3) is 0 Å². The SMILES string of the molecule is COc1cc2c(cc1OCCN1CCOCC1)nc(C(N)CCCN)c1nnc(C)n12. The zero-order valence-electron chi connectivity index (χ0n) is 18.2. The van der Waals surface area contributed by atoms with Gasteiger partial charge >= 0.3 is 0 Å².